The minimum absolute atomic E-state index is 0.418. The molecule has 0 amide bonds. The first kappa shape index (κ1) is 6.30. The Morgan fingerprint density at radius 1 is 1.70 bits per heavy atom. The molecule has 0 fully saturated rings. The maximum Gasteiger partial charge on any atom is 0.217 e. The van der Waals surface area contributed by atoms with E-state index in [0.29, 0.717) is 10.6 Å². The summed E-state index contributed by atoms with van der Waals surface area (Å²) < 4.78 is 2.27. The van der Waals surface area contributed by atoms with Crippen molar-refractivity contribution in [2.75, 3.05) is 0 Å². The van der Waals surface area contributed by atoms with Gasteiger partial charge in [0.1, 0.15) is 6.10 Å². The second-order valence-electron chi connectivity index (χ2n) is 2.27. The van der Waals surface area contributed by atoms with Crippen LogP contribution in [0.2, 0.25) is 0 Å². The van der Waals surface area contributed by atoms with E-state index in [9.17, 15) is 5.11 Å². The first-order valence-electron chi connectivity index (χ1n) is 3.05. The molecule has 54 valence electrons. The van der Waals surface area contributed by atoms with E-state index < -0.39 is 6.10 Å². The molecular formula is C5H6BrN3O. The number of nitrogens with zero attached hydrogens (tertiary/aromatic N) is 3. The molecule has 1 aromatic rings. The van der Waals surface area contributed by atoms with E-state index >= 15 is 0 Å². The van der Waals surface area contributed by atoms with Gasteiger partial charge in [-0.25, -0.2) is 9.67 Å². The van der Waals surface area contributed by atoms with Crippen LogP contribution in [0, 0.1) is 0 Å². The average molecular weight is 204 g/mol. The van der Waals surface area contributed by atoms with Gasteiger partial charge < -0.3 is 5.11 Å². The zero-order chi connectivity index (χ0) is 7.14. The van der Waals surface area contributed by atoms with Crippen molar-refractivity contribution in [3.8, 4) is 0 Å². The Morgan fingerprint density at radius 2 is 2.50 bits per heavy atom. The molecule has 5 heteroatoms. The highest BCUT2D eigenvalue weighted by atomic mass is 79.9. The fourth-order valence-electron chi connectivity index (χ4n) is 1.11. The first-order valence-corrected chi connectivity index (χ1v) is 3.85. The number of fused-ring (bicyclic) bond motifs is 1. The van der Waals surface area contributed by atoms with E-state index in [1.807, 2.05) is 0 Å². The highest BCUT2D eigenvalue weighted by Gasteiger charge is 2.23. The molecule has 2 rings (SSSR count). The molecule has 4 nitrogen and oxygen atoms in total. The maximum absolute atomic E-state index is 9.25. The number of halogens is 1. The van der Waals surface area contributed by atoms with Gasteiger partial charge in [0.25, 0.3) is 0 Å². The quantitative estimate of drug-likeness (QED) is 0.668. The maximum atomic E-state index is 9.25. The number of hydrogen-bond acceptors (Lipinski definition) is 3. The number of rotatable bonds is 0. The third-order valence-electron chi connectivity index (χ3n) is 1.59. The molecular weight excluding hydrogens is 198 g/mol. The Kier molecular flexibility index (Phi) is 1.28. The lowest BCUT2D eigenvalue weighted by molar-refractivity contribution is 0.175. The van der Waals surface area contributed by atoms with Crippen molar-refractivity contribution >= 4 is 15.9 Å². The van der Waals surface area contributed by atoms with Crippen molar-refractivity contribution in [1.82, 2.24) is 14.8 Å². The van der Waals surface area contributed by atoms with E-state index in [2.05, 4.69) is 26.0 Å². The highest BCUT2D eigenvalue weighted by molar-refractivity contribution is 9.10. The van der Waals surface area contributed by atoms with E-state index in [0.717, 1.165) is 13.0 Å². The number of aryl methyl sites for hydroxylation is 1. The molecule has 1 atom stereocenters. The molecule has 1 aliphatic rings. The zero-order valence-corrected chi connectivity index (χ0v) is 6.74. The number of aliphatic hydroxyl groups excluding tert-OH is 1. The Morgan fingerprint density at radius 3 is 3.20 bits per heavy atom. The summed E-state index contributed by atoms with van der Waals surface area (Å²) in [6.07, 6.45) is 0.321. The van der Waals surface area contributed by atoms with Crippen molar-refractivity contribution in [2.45, 2.75) is 19.1 Å². The highest BCUT2D eigenvalue weighted by Crippen LogP contribution is 2.23. The molecule has 0 aromatic carbocycles. The largest absolute Gasteiger partial charge is 0.385 e. The Labute approximate surface area is 66.0 Å². The summed E-state index contributed by atoms with van der Waals surface area (Å²) in [5.41, 5.74) is 0. The number of aliphatic hydroxyl groups is 1. The molecule has 0 saturated carbocycles. The second kappa shape index (κ2) is 2.03. The van der Waals surface area contributed by atoms with E-state index in [4.69, 9.17) is 0 Å². The summed E-state index contributed by atoms with van der Waals surface area (Å²) in [6, 6.07) is 0. The molecule has 1 aromatic heterocycles. The normalized spacial score (nSPS) is 23.2. The fourth-order valence-corrected chi connectivity index (χ4v) is 1.48. The molecule has 1 aliphatic heterocycles. The van der Waals surface area contributed by atoms with E-state index in [-0.39, 0.29) is 0 Å². The molecule has 10 heavy (non-hydrogen) atoms. The van der Waals surface area contributed by atoms with Crippen LogP contribution < -0.4 is 0 Å². The van der Waals surface area contributed by atoms with Gasteiger partial charge in [0.15, 0.2) is 5.82 Å². The van der Waals surface area contributed by atoms with Crippen LogP contribution in [0.4, 0.5) is 0 Å². The van der Waals surface area contributed by atoms with Crippen molar-refractivity contribution in [3.05, 3.63) is 10.6 Å². The second-order valence-corrected chi connectivity index (χ2v) is 2.98. The lowest BCUT2D eigenvalue weighted by atomic mass is 10.3. The Bertz CT molecular complexity index is 259. The van der Waals surface area contributed by atoms with Crippen LogP contribution >= 0.6 is 15.9 Å². The van der Waals surface area contributed by atoms with Crippen molar-refractivity contribution < 1.29 is 5.11 Å². The Balaban J connectivity index is 2.49. The van der Waals surface area contributed by atoms with Gasteiger partial charge in [-0.05, 0) is 15.9 Å². The standard InChI is InChI=1S/C5H6BrN3O/c6-5-7-4-3(10)1-2-9(4)8-5/h3,10H,1-2H2/t3-/m1/s1. The lowest BCUT2D eigenvalue weighted by Crippen LogP contribution is -1.94. The zero-order valence-electron chi connectivity index (χ0n) is 5.16. The van der Waals surface area contributed by atoms with Crippen molar-refractivity contribution in [3.63, 3.8) is 0 Å². The fraction of sp³-hybridized carbons (Fsp3) is 0.600. The van der Waals surface area contributed by atoms with Crippen LogP contribution in [-0.4, -0.2) is 19.9 Å². The van der Waals surface area contributed by atoms with Gasteiger partial charge in [-0.2, -0.15) is 0 Å². The van der Waals surface area contributed by atoms with Gasteiger partial charge >= 0.3 is 0 Å². The summed E-state index contributed by atoms with van der Waals surface area (Å²) in [5.74, 6) is 0.673. The third kappa shape index (κ3) is 0.775. The number of aromatic nitrogens is 3. The van der Waals surface area contributed by atoms with Gasteiger partial charge in [0, 0.05) is 13.0 Å². The van der Waals surface area contributed by atoms with Crippen LogP contribution in [0.15, 0.2) is 4.73 Å². The minimum Gasteiger partial charge on any atom is -0.385 e. The Hall–Kier alpha value is -0.420. The van der Waals surface area contributed by atoms with Crippen LogP contribution in [0.25, 0.3) is 0 Å². The SMILES string of the molecule is O[C@@H]1CCn2nc(Br)nc21. The molecule has 0 saturated heterocycles. The van der Waals surface area contributed by atoms with Gasteiger partial charge in [0.05, 0.1) is 0 Å². The van der Waals surface area contributed by atoms with Crippen molar-refractivity contribution in [1.29, 1.82) is 0 Å². The molecule has 0 bridgehead atoms. The monoisotopic (exact) mass is 203 g/mol. The summed E-state index contributed by atoms with van der Waals surface area (Å²) in [6.45, 7) is 0.773. The molecule has 1 N–H and O–H groups in total. The lowest BCUT2D eigenvalue weighted by Gasteiger charge is -1.92. The third-order valence-corrected chi connectivity index (χ3v) is 1.92. The van der Waals surface area contributed by atoms with Gasteiger partial charge in [0.2, 0.25) is 4.73 Å². The predicted octanol–water partition coefficient (Wildman–Crippen LogP) is 0.478. The molecule has 0 radical (unpaired) electrons. The summed E-state index contributed by atoms with van der Waals surface area (Å²) in [7, 11) is 0. The van der Waals surface area contributed by atoms with Crippen LogP contribution in [0.5, 0.6) is 0 Å². The predicted molar refractivity (Wildman–Crippen MR) is 37.3 cm³/mol. The summed E-state index contributed by atoms with van der Waals surface area (Å²) in [5, 5.41) is 13.3. The summed E-state index contributed by atoms with van der Waals surface area (Å²) >= 11 is 3.13. The molecule has 0 unspecified atom stereocenters. The van der Waals surface area contributed by atoms with E-state index in [1.54, 1.807) is 4.68 Å². The first-order chi connectivity index (χ1) is 4.77. The van der Waals surface area contributed by atoms with Crippen LogP contribution in [0.1, 0.15) is 18.3 Å². The smallest absolute Gasteiger partial charge is 0.217 e. The molecule has 2 heterocycles. The minimum atomic E-state index is -0.418. The van der Waals surface area contributed by atoms with Crippen LogP contribution in [0.3, 0.4) is 0 Å². The molecule has 0 aliphatic carbocycles. The van der Waals surface area contributed by atoms with Gasteiger partial charge in [-0.3, -0.25) is 0 Å². The van der Waals surface area contributed by atoms with E-state index in [1.165, 1.54) is 0 Å². The van der Waals surface area contributed by atoms with Crippen LogP contribution in [-0.2, 0) is 6.54 Å². The average Bonchev–Trinajstić information content (AvgIpc) is 2.35. The molecule has 0 spiro atoms. The summed E-state index contributed by atoms with van der Waals surface area (Å²) in [4.78, 5) is 3.99. The number of hydrogen-bond donors (Lipinski definition) is 1. The van der Waals surface area contributed by atoms with Gasteiger partial charge in [-0.15, -0.1) is 5.10 Å². The van der Waals surface area contributed by atoms with Crippen molar-refractivity contribution in [2.24, 2.45) is 0 Å². The topological polar surface area (TPSA) is 50.9 Å². The van der Waals surface area contributed by atoms with Gasteiger partial charge in [-0.1, -0.05) is 0 Å².